The highest BCUT2D eigenvalue weighted by molar-refractivity contribution is 7.13. The number of carbonyl (C=O) groups excluding carboxylic acids is 1. The second kappa shape index (κ2) is 4.76. The predicted octanol–water partition coefficient (Wildman–Crippen LogP) is 2.11. The van der Waals surface area contributed by atoms with Crippen molar-refractivity contribution in [3.8, 4) is 0 Å². The number of nitrogens with two attached hydrogens (primary N) is 1. The first-order chi connectivity index (χ1) is 8.36. The average Bonchev–Trinajstić information content (AvgIpc) is 2.81. The van der Waals surface area contributed by atoms with Crippen molar-refractivity contribution in [2.75, 3.05) is 18.0 Å². The van der Waals surface area contributed by atoms with Crippen LogP contribution in [-0.2, 0) is 10.2 Å². The second-order valence-electron chi connectivity index (χ2n) is 5.56. The van der Waals surface area contributed by atoms with Crippen molar-refractivity contribution < 1.29 is 9.53 Å². The number of aromatic nitrogens is 1. The van der Waals surface area contributed by atoms with E-state index in [2.05, 4.69) is 36.0 Å². The SMILES string of the molecule is CC(C)(C)c1csc(N2CCC(OC(N)=O)C2)n1. The molecule has 1 aliphatic rings. The van der Waals surface area contributed by atoms with Crippen LogP contribution >= 0.6 is 11.3 Å². The molecule has 1 atom stereocenters. The van der Waals surface area contributed by atoms with E-state index in [1.54, 1.807) is 11.3 Å². The van der Waals surface area contributed by atoms with Gasteiger partial charge in [-0.05, 0) is 0 Å². The summed E-state index contributed by atoms with van der Waals surface area (Å²) >= 11 is 1.64. The number of primary amides is 1. The van der Waals surface area contributed by atoms with Gasteiger partial charge in [-0.15, -0.1) is 11.3 Å². The van der Waals surface area contributed by atoms with E-state index in [9.17, 15) is 4.79 Å². The van der Waals surface area contributed by atoms with E-state index in [1.165, 1.54) is 0 Å². The summed E-state index contributed by atoms with van der Waals surface area (Å²) in [5, 5.41) is 3.09. The molecule has 0 saturated carbocycles. The van der Waals surface area contributed by atoms with Gasteiger partial charge in [0.05, 0.1) is 12.2 Å². The number of ether oxygens (including phenoxy) is 1. The van der Waals surface area contributed by atoms with Gasteiger partial charge < -0.3 is 15.4 Å². The topological polar surface area (TPSA) is 68.5 Å². The Labute approximate surface area is 111 Å². The number of anilines is 1. The minimum Gasteiger partial charge on any atom is -0.444 e. The Balaban J connectivity index is 2.01. The molecule has 1 amide bonds. The van der Waals surface area contributed by atoms with Gasteiger partial charge in [0.25, 0.3) is 0 Å². The smallest absolute Gasteiger partial charge is 0.404 e. The van der Waals surface area contributed by atoms with Crippen LogP contribution in [0.2, 0.25) is 0 Å². The molecule has 6 heteroatoms. The highest BCUT2D eigenvalue weighted by atomic mass is 32.1. The zero-order valence-corrected chi connectivity index (χ0v) is 11.8. The number of hydrogen-bond acceptors (Lipinski definition) is 5. The van der Waals surface area contributed by atoms with Crippen LogP contribution in [0.25, 0.3) is 0 Å². The van der Waals surface area contributed by atoms with E-state index in [-0.39, 0.29) is 11.5 Å². The molecule has 0 aromatic carbocycles. The second-order valence-corrected chi connectivity index (χ2v) is 6.40. The number of hydrogen-bond donors (Lipinski definition) is 1. The van der Waals surface area contributed by atoms with Gasteiger partial charge in [0.15, 0.2) is 5.13 Å². The molecule has 2 rings (SSSR count). The maximum absolute atomic E-state index is 10.7. The molecule has 0 aliphatic carbocycles. The van der Waals surface area contributed by atoms with Gasteiger partial charge >= 0.3 is 6.09 Å². The van der Waals surface area contributed by atoms with Crippen molar-refractivity contribution in [1.29, 1.82) is 0 Å². The summed E-state index contributed by atoms with van der Waals surface area (Å²) in [6, 6.07) is 0. The van der Waals surface area contributed by atoms with Gasteiger partial charge in [0.1, 0.15) is 6.10 Å². The molecule has 5 nitrogen and oxygen atoms in total. The van der Waals surface area contributed by atoms with Gasteiger partial charge in [-0.25, -0.2) is 9.78 Å². The van der Waals surface area contributed by atoms with E-state index in [4.69, 9.17) is 10.5 Å². The van der Waals surface area contributed by atoms with Gasteiger partial charge in [-0.3, -0.25) is 0 Å². The summed E-state index contributed by atoms with van der Waals surface area (Å²) in [6.07, 6.45) is 0.00811. The Hall–Kier alpha value is -1.30. The van der Waals surface area contributed by atoms with Crippen molar-refractivity contribution in [2.24, 2.45) is 5.73 Å². The fraction of sp³-hybridized carbons (Fsp3) is 0.667. The van der Waals surface area contributed by atoms with Crippen molar-refractivity contribution in [3.05, 3.63) is 11.1 Å². The zero-order valence-electron chi connectivity index (χ0n) is 11.0. The number of carbonyl (C=O) groups is 1. The molecule has 1 fully saturated rings. The lowest BCUT2D eigenvalue weighted by atomic mass is 9.93. The highest BCUT2D eigenvalue weighted by Crippen LogP contribution is 2.30. The molecule has 1 aromatic rings. The summed E-state index contributed by atoms with van der Waals surface area (Å²) in [5.41, 5.74) is 6.19. The summed E-state index contributed by atoms with van der Waals surface area (Å²) in [5.74, 6) is 0. The molecule has 2 heterocycles. The first kappa shape index (κ1) is 13.1. The minimum absolute atomic E-state index is 0.0671. The largest absolute Gasteiger partial charge is 0.444 e. The van der Waals surface area contributed by atoms with Crippen molar-refractivity contribution in [3.63, 3.8) is 0 Å². The van der Waals surface area contributed by atoms with Gasteiger partial charge in [-0.1, -0.05) is 20.8 Å². The van der Waals surface area contributed by atoms with E-state index in [0.717, 1.165) is 23.8 Å². The van der Waals surface area contributed by atoms with Gasteiger partial charge in [0, 0.05) is 23.8 Å². The first-order valence-electron chi connectivity index (χ1n) is 6.03. The highest BCUT2D eigenvalue weighted by Gasteiger charge is 2.28. The molecule has 100 valence electrons. The maximum atomic E-state index is 10.7. The van der Waals surface area contributed by atoms with Crippen LogP contribution in [0.3, 0.4) is 0 Å². The third-order valence-corrected chi connectivity index (χ3v) is 3.86. The van der Waals surface area contributed by atoms with Crippen LogP contribution in [0.4, 0.5) is 9.93 Å². The Bertz CT molecular complexity index is 439. The molecule has 0 spiro atoms. The molecule has 2 N–H and O–H groups in total. The first-order valence-corrected chi connectivity index (χ1v) is 6.91. The van der Waals surface area contributed by atoms with E-state index >= 15 is 0 Å². The molecule has 1 unspecified atom stereocenters. The fourth-order valence-corrected chi connectivity index (χ4v) is 3.01. The number of rotatable bonds is 2. The average molecular weight is 269 g/mol. The van der Waals surface area contributed by atoms with Crippen molar-refractivity contribution in [1.82, 2.24) is 4.98 Å². The number of thiazole rings is 1. The van der Waals surface area contributed by atoms with Crippen LogP contribution < -0.4 is 10.6 Å². The minimum atomic E-state index is -0.698. The van der Waals surface area contributed by atoms with E-state index in [1.807, 2.05) is 0 Å². The molecule has 1 aromatic heterocycles. The standard InChI is InChI=1S/C12H19N3O2S/c1-12(2,3)9-7-18-11(14-9)15-5-4-8(6-15)17-10(13)16/h7-8H,4-6H2,1-3H3,(H2,13,16). The molecular weight excluding hydrogens is 250 g/mol. The lowest BCUT2D eigenvalue weighted by molar-refractivity contribution is 0.117. The molecule has 1 saturated heterocycles. The van der Waals surface area contributed by atoms with Crippen molar-refractivity contribution >= 4 is 22.6 Å². The van der Waals surface area contributed by atoms with Crippen LogP contribution in [0.1, 0.15) is 32.9 Å². The molecular formula is C12H19N3O2S. The lowest BCUT2D eigenvalue weighted by Crippen LogP contribution is -2.27. The fourth-order valence-electron chi connectivity index (χ4n) is 1.92. The summed E-state index contributed by atoms with van der Waals surface area (Å²) < 4.78 is 5.01. The Morgan fingerprint density at radius 2 is 2.33 bits per heavy atom. The molecule has 0 bridgehead atoms. The monoisotopic (exact) mass is 269 g/mol. The van der Waals surface area contributed by atoms with Crippen LogP contribution in [0.15, 0.2) is 5.38 Å². The Kier molecular flexibility index (Phi) is 3.47. The van der Waals surface area contributed by atoms with E-state index < -0.39 is 6.09 Å². The quantitative estimate of drug-likeness (QED) is 0.893. The number of nitrogens with zero attached hydrogens (tertiary/aromatic N) is 2. The molecule has 18 heavy (non-hydrogen) atoms. The summed E-state index contributed by atoms with van der Waals surface area (Å²) in [6.45, 7) is 7.98. The van der Waals surface area contributed by atoms with Gasteiger partial charge in [-0.2, -0.15) is 0 Å². The van der Waals surface area contributed by atoms with Crippen LogP contribution in [0, 0.1) is 0 Å². The van der Waals surface area contributed by atoms with Crippen LogP contribution in [-0.4, -0.2) is 30.3 Å². The Morgan fingerprint density at radius 3 is 2.89 bits per heavy atom. The predicted molar refractivity (Wildman–Crippen MR) is 72.1 cm³/mol. The van der Waals surface area contributed by atoms with Crippen molar-refractivity contribution in [2.45, 2.75) is 38.7 Å². The molecule has 0 radical (unpaired) electrons. The molecule has 1 aliphatic heterocycles. The van der Waals surface area contributed by atoms with Gasteiger partial charge in [0.2, 0.25) is 0 Å². The van der Waals surface area contributed by atoms with E-state index in [0.29, 0.717) is 6.54 Å². The van der Waals surface area contributed by atoms with Crippen LogP contribution in [0.5, 0.6) is 0 Å². The summed E-state index contributed by atoms with van der Waals surface area (Å²) in [7, 11) is 0. The third-order valence-electron chi connectivity index (χ3n) is 2.96. The lowest BCUT2D eigenvalue weighted by Gasteiger charge is -2.16. The zero-order chi connectivity index (χ0) is 13.3. The summed E-state index contributed by atoms with van der Waals surface area (Å²) in [4.78, 5) is 17.5. The normalized spacial score (nSPS) is 20.2. The third kappa shape index (κ3) is 2.93. The maximum Gasteiger partial charge on any atom is 0.404 e. The number of amides is 1. The Morgan fingerprint density at radius 1 is 1.61 bits per heavy atom.